The molecule has 14 nitrogen and oxygen atoms in total. The largest absolute Gasteiger partial charge is 0.472 e. The minimum absolute atomic E-state index is 0.0857. The van der Waals surface area contributed by atoms with E-state index < -0.39 is 72.3 Å². The van der Waals surface area contributed by atoms with Gasteiger partial charge in [0.15, 0.2) is 6.10 Å². The molecular formula is C42H78O14P2. The van der Waals surface area contributed by atoms with Gasteiger partial charge in [-0.1, -0.05) is 154 Å². The molecule has 0 aromatic rings. The molecular weight excluding hydrogens is 790 g/mol. The molecule has 0 aromatic heterocycles. The second-order valence-corrected chi connectivity index (χ2v) is 18.0. The van der Waals surface area contributed by atoms with Gasteiger partial charge in [0.1, 0.15) is 12.7 Å². The summed E-state index contributed by atoms with van der Waals surface area (Å²) < 4.78 is 47.7. The van der Waals surface area contributed by atoms with Crippen molar-refractivity contribution in [2.75, 3.05) is 26.4 Å². The Kier molecular flexibility index (Phi) is 36.0. The zero-order valence-electron chi connectivity index (χ0n) is 35.7. The monoisotopic (exact) mass is 868 g/mol. The second kappa shape index (κ2) is 37.1. The molecule has 0 aromatic carbocycles. The van der Waals surface area contributed by atoms with Crippen LogP contribution in [0.5, 0.6) is 0 Å². The molecule has 0 aliphatic heterocycles. The summed E-state index contributed by atoms with van der Waals surface area (Å²) in [4.78, 5) is 52.7. The van der Waals surface area contributed by atoms with Crippen LogP contribution in [0.1, 0.15) is 168 Å². The quantitative estimate of drug-likeness (QED) is 0.0127. The van der Waals surface area contributed by atoms with Crippen LogP contribution in [-0.2, 0) is 41.8 Å². The molecule has 2 unspecified atom stereocenters. The molecule has 0 fully saturated rings. The fourth-order valence-electron chi connectivity index (χ4n) is 5.74. The van der Waals surface area contributed by atoms with Gasteiger partial charge in [-0.15, -0.1) is 0 Å². The number of carbonyl (C=O) groups is 2. The number of phosphoric acid groups is 2. The molecule has 0 rings (SSSR count). The Balaban J connectivity index is 4.58. The van der Waals surface area contributed by atoms with E-state index in [0.29, 0.717) is 19.3 Å². The van der Waals surface area contributed by atoms with Crippen molar-refractivity contribution in [3.8, 4) is 0 Å². The van der Waals surface area contributed by atoms with E-state index >= 15 is 0 Å². The third kappa shape index (κ3) is 41.1. The number of esters is 2. The maximum Gasteiger partial charge on any atom is 0.472 e. The van der Waals surface area contributed by atoms with Gasteiger partial charge >= 0.3 is 27.6 Å². The second-order valence-electron chi connectivity index (χ2n) is 15.3. The molecule has 0 aliphatic carbocycles. The smallest absolute Gasteiger partial charge is 0.462 e. The summed E-state index contributed by atoms with van der Waals surface area (Å²) in [7, 11) is -9.69. The minimum atomic E-state index is -4.87. The number of rotatable bonds is 40. The van der Waals surface area contributed by atoms with E-state index in [2.05, 4.69) is 29.0 Å². The molecule has 0 radical (unpaired) electrons. The van der Waals surface area contributed by atoms with Crippen molar-refractivity contribution >= 4 is 27.6 Å². The fourth-order valence-corrected chi connectivity index (χ4v) is 6.90. The van der Waals surface area contributed by atoms with Crippen molar-refractivity contribution in [1.82, 2.24) is 0 Å². The summed E-state index contributed by atoms with van der Waals surface area (Å²) in [5.41, 5.74) is 0. The zero-order chi connectivity index (χ0) is 43.3. The first kappa shape index (κ1) is 56.3. The van der Waals surface area contributed by atoms with Crippen LogP contribution in [0.15, 0.2) is 36.5 Å². The van der Waals surface area contributed by atoms with Gasteiger partial charge in [-0.2, -0.15) is 0 Å². The van der Waals surface area contributed by atoms with Crippen LogP contribution in [-0.4, -0.2) is 81.6 Å². The van der Waals surface area contributed by atoms with Gasteiger partial charge in [0, 0.05) is 12.8 Å². The van der Waals surface area contributed by atoms with Crippen molar-refractivity contribution in [2.24, 2.45) is 5.92 Å². The number of allylic oxidation sites excluding steroid dienone is 4. The average Bonchev–Trinajstić information content (AvgIpc) is 3.16. The Morgan fingerprint density at radius 2 is 1.12 bits per heavy atom. The number of aliphatic hydroxyl groups excluding tert-OH is 2. The summed E-state index contributed by atoms with van der Waals surface area (Å²) in [6, 6.07) is 0. The molecule has 0 saturated heterocycles. The number of phosphoric ester groups is 2. The molecule has 0 amide bonds. The van der Waals surface area contributed by atoms with Crippen molar-refractivity contribution in [2.45, 2.75) is 187 Å². The van der Waals surface area contributed by atoms with Gasteiger partial charge in [-0.25, -0.2) is 9.13 Å². The minimum Gasteiger partial charge on any atom is -0.462 e. The lowest BCUT2D eigenvalue weighted by molar-refractivity contribution is -0.161. The number of hydrogen-bond donors (Lipinski definition) is 5. The topological polar surface area (TPSA) is 216 Å². The standard InChI is InChI=1S/C42H78O14P2/c1-4-5-23-29-38(43)30-25-20-16-12-10-14-18-22-27-32-42(46)56-40(36-55-58(50,51)54-34-39(44)33-53-57(47,48)49)35-52-41(45)31-26-21-17-13-9-7-6-8-11-15-19-24-28-37(2)3/h5,16,20,23,25,30,37-40,43-44H,4,6-15,17-19,21-22,24,26-29,31-36H2,1-3H3,(H,50,51)(H2,47,48,49)/b20-16+,23-5+,30-25+/t38?,39-,40+/m0/s1. The van der Waals surface area contributed by atoms with E-state index in [4.69, 9.17) is 23.8 Å². The lowest BCUT2D eigenvalue weighted by Gasteiger charge is -2.20. The van der Waals surface area contributed by atoms with E-state index in [1.54, 1.807) is 6.08 Å². The maximum absolute atomic E-state index is 12.6. The van der Waals surface area contributed by atoms with E-state index in [1.165, 1.54) is 57.8 Å². The molecule has 340 valence electrons. The summed E-state index contributed by atoms with van der Waals surface area (Å²) >= 11 is 0. The SMILES string of the molecule is CC/C=C/CC(O)/C=C/C=C/CCCCCCCC(=O)O[C@H](COC(=O)CCCCCCCCCCCCCCC(C)C)COP(=O)(O)OC[C@@H](O)COP(=O)(O)O. The Bertz CT molecular complexity index is 1200. The molecule has 0 aliphatic rings. The van der Waals surface area contributed by atoms with Gasteiger partial charge in [0.2, 0.25) is 0 Å². The molecule has 4 atom stereocenters. The molecule has 0 spiro atoms. The predicted molar refractivity (Wildman–Crippen MR) is 227 cm³/mol. The number of carbonyl (C=O) groups excluding carboxylic acids is 2. The average molecular weight is 869 g/mol. The first-order chi connectivity index (χ1) is 27.6. The third-order valence-corrected chi connectivity index (χ3v) is 10.5. The highest BCUT2D eigenvalue weighted by atomic mass is 31.2. The van der Waals surface area contributed by atoms with Crippen molar-refractivity contribution in [3.05, 3.63) is 36.5 Å². The Hall–Kier alpha value is -1.70. The van der Waals surface area contributed by atoms with Gasteiger partial charge in [-0.3, -0.25) is 23.2 Å². The lowest BCUT2D eigenvalue weighted by atomic mass is 10.0. The van der Waals surface area contributed by atoms with Crippen LogP contribution in [0, 0.1) is 5.92 Å². The summed E-state index contributed by atoms with van der Waals surface area (Å²) in [5.74, 6) is -0.292. The molecule has 0 saturated carbocycles. The highest BCUT2D eigenvalue weighted by molar-refractivity contribution is 7.47. The first-order valence-electron chi connectivity index (χ1n) is 21.6. The Morgan fingerprint density at radius 3 is 1.69 bits per heavy atom. The summed E-state index contributed by atoms with van der Waals surface area (Å²) in [5, 5.41) is 19.6. The van der Waals surface area contributed by atoms with Crippen LogP contribution in [0.2, 0.25) is 0 Å². The van der Waals surface area contributed by atoms with E-state index in [-0.39, 0.29) is 12.8 Å². The number of hydrogen-bond acceptors (Lipinski definition) is 11. The molecule has 58 heavy (non-hydrogen) atoms. The van der Waals surface area contributed by atoms with Crippen molar-refractivity contribution < 1.29 is 66.7 Å². The number of ether oxygens (including phenoxy) is 2. The Labute approximate surface area is 349 Å². The summed E-state index contributed by atoms with van der Waals surface area (Å²) in [6.07, 6.45) is 30.5. The molecule has 0 bridgehead atoms. The number of unbranched alkanes of at least 4 members (excludes halogenated alkanes) is 16. The van der Waals surface area contributed by atoms with Crippen molar-refractivity contribution in [3.63, 3.8) is 0 Å². The van der Waals surface area contributed by atoms with Crippen LogP contribution >= 0.6 is 15.6 Å². The van der Waals surface area contributed by atoms with Gasteiger partial charge < -0.3 is 34.4 Å². The third-order valence-electron chi connectivity index (χ3n) is 9.04. The van der Waals surface area contributed by atoms with Crippen LogP contribution in [0.25, 0.3) is 0 Å². The van der Waals surface area contributed by atoms with Gasteiger partial charge in [0.05, 0.1) is 25.9 Å². The van der Waals surface area contributed by atoms with Gasteiger partial charge in [0.25, 0.3) is 0 Å². The zero-order valence-corrected chi connectivity index (χ0v) is 37.5. The molecule has 16 heteroatoms. The number of aliphatic hydroxyl groups is 2. The summed E-state index contributed by atoms with van der Waals surface area (Å²) in [6.45, 7) is 3.82. The van der Waals surface area contributed by atoms with Crippen LogP contribution < -0.4 is 0 Å². The van der Waals surface area contributed by atoms with E-state index in [1.807, 2.05) is 31.2 Å². The van der Waals surface area contributed by atoms with E-state index in [0.717, 1.165) is 63.7 Å². The highest BCUT2D eigenvalue weighted by Gasteiger charge is 2.28. The maximum atomic E-state index is 12.6. The van der Waals surface area contributed by atoms with Crippen LogP contribution in [0.3, 0.4) is 0 Å². The lowest BCUT2D eigenvalue weighted by Crippen LogP contribution is -2.30. The van der Waals surface area contributed by atoms with Crippen LogP contribution in [0.4, 0.5) is 0 Å². The molecule has 5 N–H and O–H groups in total. The van der Waals surface area contributed by atoms with Crippen molar-refractivity contribution in [1.29, 1.82) is 0 Å². The van der Waals surface area contributed by atoms with Gasteiger partial charge in [-0.05, 0) is 44.4 Å². The normalized spacial score (nSPS) is 15.1. The highest BCUT2D eigenvalue weighted by Crippen LogP contribution is 2.43. The predicted octanol–water partition coefficient (Wildman–Crippen LogP) is 9.72. The first-order valence-corrected chi connectivity index (χ1v) is 24.7. The van der Waals surface area contributed by atoms with E-state index in [9.17, 15) is 33.8 Å². The fraction of sp³-hybridized carbons (Fsp3) is 0.810. The molecule has 0 heterocycles. The Morgan fingerprint density at radius 1 is 0.603 bits per heavy atom.